The van der Waals surface area contributed by atoms with Crippen molar-refractivity contribution in [1.82, 2.24) is 9.97 Å². The van der Waals surface area contributed by atoms with Crippen molar-refractivity contribution in [2.24, 2.45) is 0 Å². The lowest BCUT2D eigenvalue weighted by atomic mass is 10.0. The third kappa shape index (κ3) is 5.87. The van der Waals surface area contributed by atoms with Gasteiger partial charge in [0, 0.05) is 23.6 Å². The SMILES string of the molecule is COC(=O)c1cc(-c2cc(/C=C/c3cccc(OC)c3OC)nc(-c3ccccc3)n2)ccc1NC(C)=O. The number of aromatic nitrogens is 2. The second-order valence-corrected chi connectivity index (χ2v) is 8.22. The first-order valence-corrected chi connectivity index (χ1v) is 11.8. The minimum atomic E-state index is -0.571. The molecular weight excluding hydrogens is 482 g/mol. The second kappa shape index (κ2) is 11.8. The number of nitrogens with one attached hydrogen (secondary N) is 1. The van der Waals surface area contributed by atoms with Crippen molar-refractivity contribution in [2.75, 3.05) is 26.6 Å². The molecule has 1 amide bonds. The molecule has 38 heavy (non-hydrogen) atoms. The highest BCUT2D eigenvalue weighted by Gasteiger charge is 2.16. The summed E-state index contributed by atoms with van der Waals surface area (Å²) < 4.78 is 15.9. The van der Waals surface area contributed by atoms with E-state index in [1.165, 1.54) is 14.0 Å². The number of carbonyl (C=O) groups is 2. The first-order valence-electron chi connectivity index (χ1n) is 11.8. The molecule has 4 rings (SSSR count). The van der Waals surface area contributed by atoms with E-state index in [1.54, 1.807) is 32.4 Å². The Morgan fingerprint density at radius 2 is 1.61 bits per heavy atom. The Morgan fingerprint density at radius 1 is 0.816 bits per heavy atom. The smallest absolute Gasteiger partial charge is 0.339 e. The Bertz CT molecular complexity index is 1500. The van der Waals surface area contributed by atoms with Gasteiger partial charge < -0.3 is 19.5 Å². The molecule has 0 saturated carbocycles. The summed E-state index contributed by atoms with van der Waals surface area (Å²) in [5.74, 6) is 0.887. The van der Waals surface area contributed by atoms with Gasteiger partial charge in [0.25, 0.3) is 0 Å². The van der Waals surface area contributed by atoms with Crippen LogP contribution in [-0.4, -0.2) is 43.2 Å². The normalized spacial score (nSPS) is 10.7. The third-order valence-electron chi connectivity index (χ3n) is 5.68. The molecular formula is C30H27N3O5. The Labute approximate surface area is 220 Å². The van der Waals surface area contributed by atoms with E-state index in [0.717, 1.165) is 11.1 Å². The van der Waals surface area contributed by atoms with E-state index in [4.69, 9.17) is 24.2 Å². The van der Waals surface area contributed by atoms with E-state index in [1.807, 2.05) is 66.7 Å². The van der Waals surface area contributed by atoms with Crippen LogP contribution >= 0.6 is 0 Å². The molecule has 0 spiro atoms. The molecule has 0 atom stereocenters. The predicted octanol–water partition coefficient (Wildman–Crippen LogP) is 5.74. The second-order valence-electron chi connectivity index (χ2n) is 8.22. The van der Waals surface area contributed by atoms with Gasteiger partial charge in [-0.3, -0.25) is 4.79 Å². The molecule has 0 fully saturated rings. The Kier molecular flexibility index (Phi) is 8.13. The molecule has 3 aromatic carbocycles. The minimum Gasteiger partial charge on any atom is -0.493 e. The van der Waals surface area contributed by atoms with Crippen molar-refractivity contribution >= 4 is 29.7 Å². The Hall–Kier alpha value is -4.98. The summed E-state index contributed by atoms with van der Waals surface area (Å²) in [7, 11) is 4.48. The number of nitrogens with zero attached hydrogens (tertiary/aromatic N) is 2. The van der Waals surface area contributed by atoms with E-state index in [-0.39, 0.29) is 11.5 Å². The topological polar surface area (TPSA) is 99.6 Å². The number of hydrogen-bond acceptors (Lipinski definition) is 7. The number of methoxy groups -OCH3 is 3. The van der Waals surface area contributed by atoms with Crippen LogP contribution in [0.4, 0.5) is 5.69 Å². The molecule has 4 aromatic rings. The number of anilines is 1. The molecule has 1 heterocycles. The van der Waals surface area contributed by atoms with E-state index in [9.17, 15) is 9.59 Å². The van der Waals surface area contributed by atoms with E-state index >= 15 is 0 Å². The molecule has 0 saturated heterocycles. The van der Waals surface area contributed by atoms with Crippen molar-refractivity contribution < 1.29 is 23.8 Å². The number of esters is 1. The quantitative estimate of drug-likeness (QED) is 0.302. The third-order valence-corrected chi connectivity index (χ3v) is 5.68. The van der Waals surface area contributed by atoms with Gasteiger partial charge in [0.05, 0.1) is 44.0 Å². The van der Waals surface area contributed by atoms with Gasteiger partial charge in [-0.15, -0.1) is 0 Å². The van der Waals surface area contributed by atoms with Gasteiger partial charge in [-0.2, -0.15) is 0 Å². The lowest BCUT2D eigenvalue weighted by molar-refractivity contribution is -0.114. The first kappa shape index (κ1) is 26.1. The fraction of sp³-hybridized carbons (Fsp3) is 0.133. The van der Waals surface area contributed by atoms with Gasteiger partial charge in [-0.25, -0.2) is 14.8 Å². The van der Waals surface area contributed by atoms with Crippen LogP contribution in [0.15, 0.2) is 72.8 Å². The highest BCUT2D eigenvalue weighted by molar-refractivity contribution is 6.01. The van der Waals surface area contributed by atoms with Gasteiger partial charge >= 0.3 is 5.97 Å². The van der Waals surface area contributed by atoms with Crippen molar-refractivity contribution in [2.45, 2.75) is 6.92 Å². The van der Waals surface area contributed by atoms with Crippen LogP contribution in [0.3, 0.4) is 0 Å². The number of amides is 1. The highest BCUT2D eigenvalue weighted by atomic mass is 16.5. The summed E-state index contributed by atoms with van der Waals surface area (Å²) >= 11 is 0. The van der Waals surface area contributed by atoms with Crippen LogP contribution in [0.2, 0.25) is 0 Å². The number of rotatable bonds is 8. The van der Waals surface area contributed by atoms with E-state index in [0.29, 0.717) is 40.0 Å². The van der Waals surface area contributed by atoms with Crippen molar-refractivity contribution in [1.29, 1.82) is 0 Å². The largest absolute Gasteiger partial charge is 0.493 e. The molecule has 0 bridgehead atoms. The maximum atomic E-state index is 12.5. The molecule has 0 aliphatic rings. The zero-order valence-corrected chi connectivity index (χ0v) is 21.5. The van der Waals surface area contributed by atoms with Crippen LogP contribution in [0, 0.1) is 0 Å². The summed E-state index contributed by atoms with van der Waals surface area (Å²) in [5, 5.41) is 2.67. The molecule has 192 valence electrons. The van der Waals surface area contributed by atoms with Crippen LogP contribution in [0.1, 0.15) is 28.5 Å². The van der Waals surface area contributed by atoms with Crippen molar-refractivity contribution in [3.63, 3.8) is 0 Å². The average Bonchev–Trinajstić information content (AvgIpc) is 2.95. The van der Waals surface area contributed by atoms with Crippen LogP contribution in [0.5, 0.6) is 11.5 Å². The van der Waals surface area contributed by atoms with E-state index in [2.05, 4.69) is 5.32 Å². The lowest BCUT2D eigenvalue weighted by Crippen LogP contribution is -2.12. The summed E-state index contributed by atoms with van der Waals surface area (Å²) in [5.41, 5.74) is 4.13. The summed E-state index contributed by atoms with van der Waals surface area (Å²) in [6.07, 6.45) is 3.75. The Balaban J connectivity index is 1.84. The summed E-state index contributed by atoms with van der Waals surface area (Å²) in [6, 6.07) is 22.2. The van der Waals surface area contributed by atoms with Crippen LogP contribution in [-0.2, 0) is 9.53 Å². The standard InChI is InChI=1S/C30H27N3O5/c1-19(34)31-25-16-14-22(17-24(25)30(35)38-4)26-18-23(32-29(33-26)21-9-6-5-7-10-21)15-13-20-11-8-12-27(36-2)28(20)37-3/h5-18H,1-4H3,(H,31,34)/b15-13+. The molecule has 0 radical (unpaired) electrons. The molecule has 0 unspecified atom stereocenters. The summed E-state index contributed by atoms with van der Waals surface area (Å²) in [4.78, 5) is 33.7. The van der Waals surface area contributed by atoms with Gasteiger partial charge in [-0.05, 0) is 36.4 Å². The average molecular weight is 510 g/mol. The van der Waals surface area contributed by atoms with Crippen LogP contribution < -0.4 is 14.8 Å². The number of hydrogen-bond donors (Lipinski definition) is 1. The lowest BCUT2D eigenvalue weighted by Gasteiger charge is -2.12. The minimum absolute atomic E-state index is 0.221. The molecule has 1 N–H and O–H groups in total. The number of para-hydroxylation sites is 1. The molecule has 8 heteroatoms. The fourth-order valence-electron chi connectivity index (χ4n) is 3.92. The van der Waals surface area contributed by atoms with Crippen molar-refractivity contribution in [3.05, 3.63) is 89.6 Å². The predicted molar refractivity (Wildman–Crippen MR) is 147 cm³/mol. The number of carbonyl (C=O) groups excluding carboxylic acids is 2. The maximum Gasteiger partial charge on any atom is 0.339 e. The van der Waals surface area contributed by atoms with Crippen molar-refractivity contribution in [3.8, 4) is 34.1 Å². The van der Waals surface area contributed by atoms with E-state index < -0.39 is 5.97 Å². The van der Waals surface area contributed by atoms with Gasteiger partial charge in [0.15, 0.2) is 17.3 Å². The van der Waals surface area contributed by atoms with Crippen LogP contribution in [0.25, 0.3) is 34.8 Å². The Morgan fingerprint density at radius 3 is 2.29 bits per heavy atom. The molecule has 0 aliphatic carbocycles. The molecule has 8 nitrogen and oxygen atoms in total. The van der Waals surface area contributed by atoms with Gasteiger partial charge in [0.1, 0.15) is 0 Å². The number of ether oxygens (including phenoxy) is 3. The first-order chi connectivity index (χ1) is 18.4. The molecule has 1 aromatic heterocycles. The number of benzene rings is 3. The highest BCUT2D eigenvalue weighted by Crippen LogP contribution is 2.32. The summed E-state index contributed by atoms with van der Waals surface area (Å²) in [6.45, 7) is 1.38. The van der Waals surface area contributed by atoms with Gasteiger partial charge in [0.2, 0.25) is 5.91 Å². The monoisotopic (exact) mass is 509 g/mol. The molecule has 0 aliphatic heterocycles. The zero-order chi connectivity index (χ0) is 27.1. The zero-order valence-electron chi connectivity index (χ0n) is 21.5. The van der Waals surface area contributed by atoms with Gasteiger partial charge in [-0.1, -0.05) is 48.5 Å². The maximum absolute atomic E-state index is 12.5. The fourth-order valence-corrected chi connectivity index (χ4v) is 3.92.